The van der Waals surface area contributed by atoms with E-state index in [-0.39, 0.29) is 16.1 Å². The highest BCUT2D eigenvalue weighted by Crippen LogP contribution is 2.30. The minimum absolute atomic E-state index is 0.109. The highest BCUT2D eigenvalue weighted by Gasteiger charge is 2.24. The third kappa shape index (κ3) is 4.43. The lowest BCUT2D eigenvalue weighted by Crippen LogP contribution is -2.16. The van der Waals surface area contributed by atoms with Crippen LogP contribution >= 0.6 is 26.6 Å². The van der Waals surface area contributed by atoms with Crippen molar-refractivity contribution in [1.82, 2.24) is 0 Å². The molecule has 1 rings (SSSR count). The summed E-state index contributed by atoms with van der Waals surface area (Å²) < 4.78 is 41.1. The van der Waals surface area contributed by atoms with Gasteiger partial charge in [-0.05, 0) is 41.4 Å². The van der Waals surface area contributed by atoms with Gasteiger partial charge in [-0.15, -0.1) is 0 Å². The quantitative estimate of drug-likeness (QED) is 0.568. The summed E-state index contributed by atoms with van der Waals surface area (Å²) in [5.74, 6) is -1.69. The van der Waals surface area contributed by atoms with Gasteiger partial charge in [0.15, 0.2) is 0 Å². The molecule has 0 saturated carbocycles. The normalized spacial score (nSPS) is 13.1. The van der Waals surface area contributed by atoms with Crippen LogP contribution in [0.1, 0.15) is 37.0 Å². The molecular weight excluding hydrogens is 375 g/mol. The molecule has 1 unspecified atom stereocenters. The first kappa shape index (κ1) is 17.4. The first-order chi connectivity index (χ1) is 9.16. The van der Waals surface area contributed by atoms with Crippen molar-refractivity contribution in [2.75, 3.05) is 0 Å². The van der Waals surface area contributed by atoms with E-state index in [1.54, 1.807) is 6.92 Å². The Kier molecular flexibility index (Phi) is 5.97. The van der Waals surface area contributed by atoms with Crippen molar-refractivity contribution < 1.29 is 22.3 Å². The molecular formula is C12H13BrClFO4S. The van der Waals surface area contributed by atoms with E-state index in [2.05, 4.69) is 15.9 Å². The van der Waals surface area contributed by atoms with Crippen LogP contribution in [0.2, 0.25) is 0 Å². The molecule has 0 aliphatic heterocycles. The fourth-order valence-corrected chi connectivity index (χ4v) is 3.85. The lowest BCUT2D eigenvalue weighted by atomic mass is 10.2. The van der Waals surface area contributed by atoms with Crippen molar-refractivity contribution in [3.63, 3.8) is 0 Å². The van der Waals surface area contributed by atoms with Crippen molar-refractivity contribution in [3.8, 4) is 0 Å². The SMILES string of the molecule is CCCC(C)OC(=O)c1cc(F)cc(S(=O)(=O)Cl)c1Br. The van der Waals surface area contributed by atoms with Gasteiger partial charge in [0, 0.05) is 10.7 Å². The number of benzene rings is 1. The second-order valence-electron chi connectivity index (χ2n) is 4.21. The van der Waals surface area contributed by atoms with E-state index < -0.39 is 25.7 Å². The second-order valence-corrected chi connectivity index (χ2v) is 7.54. The van der Waals surface area contributed by atoms with Gasteiger partial charge in [0.1, 0.15) is 10.7 Å². The average molecular weight is 388 g/mol. The van der Waals surface area contributed by atoms with Crippen LogP contribution < -0.4 is 0 Å². The van der Waals surface area contributed by atoms with Crippen LogP contribution in [0.25, 0.3) is 0 Å². The Morgan fingerprint density at radius 2 is 2.10 bits per heavy atom. The van der Waals surface area contributed by atoms with E-state index in [0.717, 1.165) is 18.6 Å². The Hall–Kier alpha value is -0.660. The summed E-state index contributed by atoms with van der Waals surface area (Å²) in [6.45, 7) is 3.63. The Bertz CT molecular complexity index is 618. The number of ether oxygens (including phenoxy) is 1. The third-order valence-corrected chi connectivity index (χ3v) is 4.95. The monoisotopic (exact) mass is 386 g/mol. The van der Waals surface area contributed by atoms with E-state index in [0.29, 0.717) is 6.42 Å². The Balaban J connectivity index is 3.19. The van der Waals surface area contributed by atoms with Crippen LogP contribution in [0.15, 0.2) is 21.5 Å². The molecule has 112 valence electrons. The molecule has 0 radical (unpaired) electrons. The number of esters is 1. The zero-order valence-electron chi connectivity index (χ0n) is 10.8. The van der Waals surface area contributed by atoms with Crippen molar-refractivity contribution in [3.05, 3.63) is 28.0 Å². The molecule has 0 fully saturated rings. The highest BCUT2D eigenvalue weighted by molar-refractivity contribution is 9.10. The summed E-state index contributed by atoms with van der Waals surface area (Å²) >= 11 is 2.95. The number of hydrogen-bond donors (Lipinski definition) is 0. The topological polar surface area (TPSA) is 60.4 Å². The number of carbonyl (C=O) groups excluding carboxylic acids is 1. The molecule has 0 heterocycles. The first-order valence-electron chi connectivity index (χ1n) is 5.81. The maximum atomic E-state index is 13.4. The fraction of sp³-hybridized carbons (Fsp3) is 0.417. The van der Waals surface area contributed by atoms with Crippen molar-refractivity contribution in [2.24, 2.45) is 0 Å². The smallest absolute Gasteiger partial charge is 0.339 e. The maximum Gasteiger partial charge on any atom is 0.339 e. The average Bonchev–Trinajstić information content (AvgIpc) is 2.30. The van der Waals surface area contributed by atoms with Crippen LogP contribution in [0.4, 0.5) is 4.39 Å². The van der Waals surface area contributed by atoms with Gasteiger partial charge >= 0.3 is 5.97 Å². The zero-order valence-corrected chi connectivity index (χ0v) is 14.0. The number of rotatable bonds is 5. The molecule has 4 nitrogen and oxygen atoms in total. The summed E-state index contributed by atoms with van der Waals surface area (Å²) in [5, 5.41) is 0. The maximum absolute atomic E-state index is 13.4. The van der Waals surface area contributed by atoms with Gasteiger partial charge in [-0.1, -0.05) is 13.3 Å². The Labute approximate surface area is 129 Å². The van der Waals surface area contributed by atoms with Gasteiger partial charge in [-0.2, -0.15) is 0 Å². The highest BCUT2D eigenvalue weighted by atomic mass is 79.9. The van der Waals surface area contributed by atoms with Crippen LogP contribution in [0.5, 0.6) is 0 Å². The summed E-state index contributed by atoms with van der Waals surface area (Å²) in [5.41, 5.74) is -0.216. The predicted octanol–water partition coefficient (Wildman–Crippen LogP) is 3.86. The molecule has 0 bridgehead atoms. The molecule has 0 aromatic heterocycles. The van der Waals surface area contributed by atoms with Gasteiger partial charge in [-0.25, -0.2) is 17.6 Å². The fourth-order valence-electron chi connectivity index (χ4n) is 1.60. The molecule has 1 aromatic carbocycles. The van der Waals surface area contributed by atoms with Crippen molar-refractivity contribution >= 4 is 41.6 Å². The summed E-state index contributed by atoms with van der Waals surface area (Å²) in [7, 11) is 1.02. The molecule has 20 heavy (non-hydrogen) atoms. The van der Waals surface area contributed by atoms with E-state index in [4.69, 9.17) is 15.4 Å². The Morgan fingerprint density at radius 1 is 1.50 bits per heavy atom. The van der Waals surface area contributed by atoms with E-state index in [9.17, 15) is 17.6 Å². The van der Waals surface area contributed by atoms with Crippen molar-refractivity contribution in [1.29, 1.82) is 0 Å². The molecule has 0 saturated heterocycles. The van der Waals surface area contributed by atoms with Crippen LogP contribution in [-0.4, -0.2) is 20.5 Å². The van der Waals surface area contributed by atoms with Crippen LogP contribution in [0, 0.1) is 5.82 Å². The minimum Gasteiger partial charge on any atom is -0.459 e. The number of carbonyl (C=O) groups is 1. The predicted molar refractivity (Wildman–Crippen MR) is 76.9 cm³/mol. The van der Waals surface area contributed by atoms with E-state index >= 15 is 0 Å². The number of hydrogen-bond acceptors (Lipinski definition) is 4. The summed E-state index contributed by atoms with van der Waals surface area (Å²) in [4.78, 5) is 11.4. The molecule has 0 aliphatic rings. The lowest BCUT2D eigenvalue weighted by molar-refractivity contribution is 0.0321. The van der Waals surface area contributed by atoms with Gasteiger partial charge in [0.05, 0.1) is 16.1 Å². The van der Waals surface area contributed by atoms with E-state index in [1.807, 2.05) is 6.92 Å². The standard InChI is InChI=1S/C12H13BrClFO4S/c1-3-4-7(2)19-12(16)9-5-8(15)6-10(11(9)13)20(14,17)18/h5-7H,3-4H2,1-2H3. The summed E-state index contributed by atoms with van der Waals surface area (Å²) in [6, 6.07) is 1.63. The molecule has 1 aromatic rings. The molecule has 8 heteroatoms. The van der Waals surface area contributed by atoms with Gasteiger partial charge in [0.2, 0.25) is 0 Å². The van der Waals surface area contributed by atoms with Crippen molar-refractivity contribution in [2.45, 2.75) is 37.7 Å². The van der Waals surface area contributed by atoms with Crippen LogP contribution in [-0.2, 0) is 13.8 Å². The molecule has 0 spiro atoms. The molecule has 0 N–H and O–H groups in total. The largest absolute Gasteiger partial charge is 0.459 e. The zero-order chi connectivity index (χ0) is 15.5. The molecule has 1 atom stereocenters. The van der Waals surface area contributed by atoms with Gasteiger partial charge < -0.3 is 4.74 Å². The van der Waals surface area contributed by atoms with Gasteiger partial charge in [-0.3, -0.25) is 0 Å². The second kappa shape index (κ2) is 6.87. The lowest BCUT2D eigenvalue weighted by Gasteiger charge is -2.13. The first-order valence-corrected chi connectivity index (χ1v) is 8.91. The third-order valence-electron chi connectivity index (χ3n) is 2.49. The Morgan fingerprint density at radius 3 is 2.60 bits per heavy atom. The summed E-state index contributed by atoms with van der Waals surface area (Å²) in [6.07, 6.45) is 1.12. The van der Waals surface area contributed by atoms with Gasteiger partial charge in [0.25, 0.3) is 9.05 Å². The molecule has 0 amide bonds. The van der Waals surface area contributed by atoms with E-state index in [1.165, 1.54) is 0 Å². The van der Waals surface area contributed by atoms with Crippen LogP contribution in [0.3, 0.4) is 0 Å². The number of halogens is 3. The minimum atomic E-state index is -4.17. The molecule has 0 aliphatic carbocycles.